The molecule has 0 saturated heterocycles. The predicted octanol–water partition coefficient (Wildman–Crippen LogP) is 2.50. The van der Waals surface area contributed by atoms with Crippen LogP contribution in [0.5, 0.6) is 5.75 Å². The number of benzene rings is 1. The maximum Gasteiger partial charge on any atom is 0.207 e. The van der Waals surface area contributed by atoms with Gasteiger partial charge in [-0.05, 0) is 17.7 Å². The number of ketones is 1. The van der Waals surface area contributed by atoms with Gasteiger partial charge in [0.05, 0.1) is 10.6 Å². The minimum atomic E-state index is -0.556. The Kier molecular flexibility index (Phi) is 2.87. The SMILES string of the molecule is Nc1ncc(Cl)cc1C(=O)C1Cc2ccccc2O1. The Morgan fingerprint density at radius 3 is 3.00 bits per heavy atom. The summed E-state index contributed by atoms with van der Waals surface area (Å²) >= 11 is 5.85. The number of aromatic nitrogens is 1. The number of halogens is 1. The van der Waals surface area contributed by atoms with Gasteiger partial charge in [-0.3, -0.25) is 4.79 Å². The Bertz CT molecular complexity index is 633. The summed E-state index contributed by atoms with van der Waals surface area (Å²) in [4.78, 5) is 16.3. The van der Waals surface area contributed by atoms with Crippen LogP contribution in [0.4, 0.5) is 5.82 Å². The quantitative estimate of drug-likeness (QED) is 0.855. The first-order chi connectivity index (χ1) is 9.15. The molecule has 19 heavy (non-hydrogen) atoms. The number of Topliss-reactive ketones (excluding diaryl/α,β-unsaturated/α-hetero) is 1. The molecule has 0 fully saturated rings. The van der Waals surface area contributed by atoms with Gasteiger partial charge in [0, 0.05) is 12.6 Å². The summed E-state index contributed by atoms with van der Waals surface area (Å²) in [5.74, 6) is 0.729. The van der Waals surface area contributed by atoms with Gasteiger partial charge in [-0.1, -0.05) is 29.8 Å². The lowest BCUT2D eigenvalue weighted by Crippen LogP contribution is -2.26. The van der Waals surface area contributed by atoms with Crippen LogP contribution in [0.15, 0.2) is 36.5 Å². The van der Waals surface area contributed by atoms with Gasteiger partial charge < -0.3 is 10.5 Å². The molecule has 0 bridgehead atoms. The van der Waals surface area contributed by atoms with Crippen LogP contribution < -0.4 is 10.5 Å². The standard InChI is InChI=1S/C14H11ClN2O2/c15-9-6-10(14(16)17-7-9)13(18)12-5-8-3-1-2-4-11(8)19-12/h1-4,6-7,12H,5H2,(H2,16,17). The van der Waals surface area contributed by atoms with Crippen LogP contribution in [0.3, 0.4) is 0 Å². The van der Waals surface area contributed by atoms with Crippen molar-refractivity contribution in [3.05, 3.63) is 52.7 Å². The lowest BCUT2D eigenvalue weighted by atomic mass is 10.0. The van der Waals surface area contributed by atoms with E-state index in [-0.39, 0.29) is 11.6 Å². The summed E-state index contributed by atoms with van der Waals surface area (Å²) in [6, 6.07) is 9.12. The van der Waals surface area contributed by atoms with Crippen molar-refractivity contribution < 1.29 is 9.53 Å². The molecule has 0 spiro atoms. The zero-order valence-electron chi connectivity index (χ0n) is 9.97. The number of anilines is 1. The van der Waals surface area contributed by atoms with Crippen molar-refractivity contribution in [3.8, 4) is 5.75 Å². The van der Waals surface area contributed by atoms with Crippen LogP contribution in [-0.2, 0) is 6.42 Å². The highest BCUT2D eigenvalue weighted by Crippen LogP contribution is 2.30. The van der Waals surface area contributed by atoms with Gasteiger partial charge in [-0.2, -0.15) is 0 Å². The smallest absolute Gasteiger partial charge is 0.207 e. The summed E-state index contributed by atoms with van der Waals surface area (Å²) in [6.45, 7) is 0. The number of ether oxygens (including phenoxy) is 1. The second-order valence-electron chi connectivity index (χ2n) is 4.37. The Hall–Kier alpha value is -2.07. The Balaban J connectivity index is 1.89. The van der Waals surface area contributed by atoms with Crippen molar-refractivity contribution in [1.82, 2.24) is 4.98 Å². The van der Waals surface area contributed by atoms with Gasteiger partial charge in [0.25, 0.3) is 0 Å². The molecular formula is C14H11ClN2O2. The topological polar surface area (TPSA) is 65.2 Å². The fraction of sp³-hybridized carbons (Fsp3) is 0.143. The number of rotatable bonds is 2. The summed E-state index contributed by atoms with van der Waals surface area (Å²) in [6.07, 6.45) is 1.40. The van der Waals surface area contributed by atoms with Crippen molar-refractivity contribution in [2.75, 3.05) is 5.73 Å². The normalized spacial score (nSPS) is 16.8. The molecule has 1 aliphatic heterocycles. The Morgan fingerprint density at radius 1 is 1.42 bits per heavy atom. The van der Waals surface area contributed by atoms with Crippen LogP contribution in [0.25, 0.3) is 0 Å². The monoisotopic (exact) mass is 274 g/mol. The Labute approximate surface area is 115 Å². The molecule has 0 saturated carbocycles. The fourth-order valence-electron chi connectivity index (χ4n) is 2.15. The van der Waals surface area contributed by atoms with Crippen molar-refractivity contribution in [2.24, 2.45) is 0 Å². The second-order valence-corrected chi connectivity index (χ2v) is 4.81. The molecule has 0 aliphatic carbocycles. The summed E-state index contributed by atoms with van der Waals surface area (Å²) in [5.41, 5.74) is 7.05. The third-order valence-electron chi connectivity index (χ3n) is 3.09. The number of nitrogens with zero attached hydrogens (tertiary/aromatic N) is 1. The molecule has 1 aromatic heterocycles. The van der Waals surface area contributed by atoms with E-state index in [1.165, 1.54) is 12.3 Å². The number of carbonyl (C=O) groups excluding carboxylic acids is 1. The molecule has 2 aromatic rings. The maximum absolute atomic E-state index is 12.4. The molecule has 1 unspecified atom stereocenters. The molecule has 2 heterocycles. The molecule has 0 radical (unpaired) electrons. The van der Waals surface area contributed by atoms with Crippen LogP contribution in [0.2, 0.25) is 5.02 Å². The third-order valence-corrected chi connectivity index (χ3v) is 3.30. The Morgan fingerprint density at radius 2 is 2.21 bits per heavy atom. The van der Waals surface area contributed by atoms with Gasteiger partial charge in [0.1, 0.15) is 11.6 Å². The molecule has 3 rings (SSSR count). The molecule has 96 valence electrons. The molecule has 4 nitrogen and oxygen atoms in total. The van der Waals surface area contributed by atoms with Gasteiger partial charge in [-0.25, -0.2) is 4.98 Å². The van der Waals surface area contributed by atoms with Gasteiger partial charge in [0.15, 0.2) is 6.10 Å². The number of nitrogens with two attached hydrogens (primary N) is 1. The van der Waals surface area contributed by atoms with E-state index in [4.69, 9.17) is 22.1 Å². The van der Waals surface area contributed by atoms with E-state index >= 15 is 0 Å². The predicted molar refractivity (Wildman–Crippen MR) is 72.6 cm³/mol. The number of hydrogen-bond acceptors (Lipinski definition) is 4. The van der Waals surface area contributed by atoms with Gasteiger partial charge in [0.2, 0.25) is 5.78 Å². The zero-order chi connectivity index (χ0) is 13.4. The highest BCUT2D eigenvalue weighted by atomic mass is 35.5. The van der Waals surface area contributed by atoms with Crippen LogP contribution in [0, 0.1) is 0 Å². The zero-order valence-corrected chi connectivity index (χ0v) is 10.7. The number of pyridine rings is 1. The van der Waals surface area contributed by atoms with Gasteiger partial charge >= 0.3 is 0 Å². The van der Waals surface area contributed by atoms with Crippen molar-refractivity contribution in [3.63, 3.8) is 0 Å². The molecule has 5 heteroatoms. The minimum absolute atomic E-state index is 0.175. The highest BCUT2D eigenvalue weighted by Gasteiger charge is 2.30. The molecular weight excluding hydrogens is 264 g/mol. The van der Waals surface area contributed by atoms with E-state index in [0.717, 1.165) is 11.3 Å². The lowest BCUT2D eigenvalue weighted by Gasteiger charge is -2.11. The largest absolute Gasteiger partial charge is 0.482 e. The summed E-state index contributed by atoms with van der Waals surface area (Å²) in [7, 11) is 0. The van der Waals surface area contributed by atoms with Gasteiger partial charge in [-0.15, -0.1) is 0 Å². The van der Waals surface area contributed by atoms with Crippen LogP contribution in [0.1, 0.15) is 15.9 Å². The lowest BCUT2D eigenvalue weighted by molar-refractivity contribution is 0.0825. The van der Waals surface area contributed by atoms with E-state index in [9.17, 15) is 4.79 Å². The number of fused-ring (bicyclic) bond motifs is 1. The van der Waals surface area contributed by atoms with E-state index in [1.807, 2.05) is 24.3 Å². The van der Waals surface area contributed by atoms with E-state index in [0.29, 0.717) is 17.0 Å². The average Bonchev–Trinajstić information content (AvgIpc) is 2.84. The first-order valence-electron chi connectivity index (χ1n) is 5.85. The fourth-order valence-corrected chi connectivity index (χ4v) is 2.31. The highest BCUT2D eigenvalue weighted by molar-refractivity contribution is 6.31. The van der Waals surface area contributed by atoms with Crippen molar-refractivity contribution in [1.29, 1.82) is 0 Å². The van der Waals surface area contributed by atoms with Crippen LogP contribution in [-0.4, -0.2) is 16.9 Å². The maximum atomic E-state index is 12.4. The third kappa shape index (κ3) is 2.15. The number of nitrogen functional groups attached to an aromatic ring is 1. The summed E-state index contributed by atoms with van der Waals surface area (Å²) in [5, 5.41) is 0.382. The van der Waals surface area contributed by atoms with E-state index in [2.05, 4.69) is 4.98 Å². The van der Waals surface area contributed by atoms with E-state index in [1.54, 1.807) is 0 Å². The molecule has 1 atom stereocenters. The number of hydrogen-bond donors (Lipinski definition) is 1. The van der Waals surface area contributed by atoms with E-state index < -0.39 is 6.10 Å². The minimum Gasteiger partial charge on any atom is -0.482 e. The van der Waals surface area contributed by atoms with Crippen LogP contribution >= 0.6 is 11.6 Å². The first-order valence-corrected chi connectivity index (χ1v) is 6.23. The number of carbonyl (C=O) groups is 1. The van der Waals surface area contributed by atoms with Crippen molar-refractivity contribution >= 4 is 23.2 Å². The average molecular weight is 275 g/mol. The molecule has 2 N–H and O–H groups in total. The molecule has 0 amide bonds. The molecule has 1 aromatic carbocycles. The number of para-hydroxylation sites is 1. The first kappa shape index (κ1) is 12.0. The second kappa shape index (κ2) is 4.55. The molecule has 1 aliphatic rings. The summed E-state index contributed by atoms with van der Waals surface area (Å²) < 4.78 is 5.64. The van der Waals surface area contributed by atoms with Crippen molar-refractivity contribution in [2.45, 2.75) is 12.5 Å².